The number of thiazole rings is 1. The van der Waals surface area contributed by atoms with E-state index in [9.17, 15) is 4.79 Å². The first-order valence-corrected chi connectivity index (χ1v) is 7.48. The number of carbonyl (C=O) groups is 1. The van der Waals surface area contributed by atoms with Gasteiger partial charge in [0.2, 0.25) is 5.91 Å². The standard InChI is InChI=1S/C15H19N3OS/c1-10(2)12-6-4-5-11(3)14(12)18-13(19)9-17-15-16-7-8-20-15/h4-8,10H,9H2,1-3H3,(H,16,17)(H,18,19). The average molecular weight is 289 g/mol. The molecule has 1 amide bonds. The molecule has 0 spiro atoms. The first kappa shape index (κ1) is 14.5. The summed E-state index contributed by atoms with van der Waals surface area (Å²) in [5.41, 5.74) is 3.17. The zero-order valence-electron chi connectivity index (χ0n) is 11.9. The highest BCUT2D eigenvalue weighted by Gasteiger charge is 2.12. The third-order valence-electron chi connectivity index (χ3n) is 3.02. The van der Waals surface area contributed by atoms with E-state index in [2.05, 4.69) is 35.5 Å². The van der Waals surface area contributed by atoms with Crippen molar-refractivity contribution in [3.05, 3.63) is 40.9 Å². The minimum Gasteiger partial charge on any atom is -0.352 e. The van der Waals surface area contributed by atoms with Crippen LogP contribution in [0, 0.1) is 6.92 Å². The molecule has 4 nitrogen and oxygen atoms in total. The molecular weight excluding hydrogens is 270 g/mol. The molecule has 0 fully saturated rings. The number of anilines is 2. The molecule has 0 atom stereocenters. The van der Waals surface area contributed by atoms with Gasteiger partial charge in [-0.25, -0.2) is 4.98 Å². The van der Waals surface area contributed by atoms with Crippen LogP contribution in [-0.4, -0.2) is 17.4 Å². The van der Waals surface area contributed by atoms with Crippen LogP contribution in [0.25, 0.3) is 0 Å². The summed E-state index contributed by atoms with van der Waals surface area (Å²) >= 11 is 1.48. The number of hydrogen-bond donors (Lipinski definition) is 2. The Morgan fingerprint density at radius 2 is 2.20 bits per heavy atom. The van der Waals surface area contributed by atoms with E-state index in [1.54, 1.807) is 6.20 Å². The summed E-state index contributed by atoms with van der Waals surface area (Å²) in [7, 11) is 0. The quantitative estimate of drug-likeness (QED) is 0.884. The van der Waals surface area contributed by atoms with E-state index < -0.39 is 0 Å². The monoisotopic (exact) mass is 289 g/mol. The Hall–Kier alpha value is -1.88. The van der Waals surface area contributed by atoms with Crippen molar-refractivity contribution in [3.8, 4) is 0 Å². The molecule has 2 rings (SSSR count). The van der Waals surface area contributed by atoms with Crippen LogP contribution in [0.15, 0.2) is 29.8 Å². The first-order valence-electron chi connectivity index (χ1n) is 6.60. The van der Waals surface area contributed by atoms with Crippen LogP contribution in [0.2, 0.25) is 0 Å². The van der Waals surface area contributed by atoms with Crippen LogP contribution < -0.4 is 10.6 Å². The molecular formula is C15H19N3OS. The Labute approximate surface area is 123 Å². The Kier molecular flexibility index (Phi) is 4.74. The topological polar surface area (TPSA) is 54.0 Å². The number of aryl methyl sites for hydroxylation is 1. The minimum atomic E-state index is -0.0589. The molecule has 20 heavy (non-hydrogen) atoms. The van der Waals surface area contributed by atoms with Crippen molar-refractivity contribution >= 4 is 28.1 Å². The summed E-state index contributed by atoms with van der Waals surface area (Å²) in [5, 5.41) is 8.64. The van der Waals surface area contributed by atoms with Gasteiger partial charge in [0, 0.05) is 17.3 Å². The zero-order chi connectivity index (χ0) is 14.5. The lowest BCUT2D eigenvalue weighted by Crippen LogP contribution is -2.23. The van der Waals surface area contributed by atoms with Crippen LogP contribution in [0.4, 0.5) is 10.8 Å². The second-order valence-electron chi connectivity index (χ2n) is 4.93. The van der Waals surface area contributed by atoms with E-state index in [1.807, 2.05) is 24.4 Å². The largest absolute Gasteiger partial charge is 0.352 e. The molecule has 0 radical (unpaired) electrons. The van der Waals surface area contributed by atoms with Crippen molar-refractivity contribution < 1.29 is 4.79 Å². The Morgan fingerprint density at radius 1 is 1.40 bits per heavy atom. The molecule has 0 bridgehead atoms. The average Bonchev–Trinajstić information content (AvgIpc) is 2.91. The number of aromatic nitrogens is 1. The van der Waals surface area contributed by atoms with Gasteiger partial charge in [-0.05, 0) is 24.0 Å². The number of amides is 1. The molecule has 2 aromatic rings. The number of nitrogens with one attached hydrogen (secondary N) is 2. The summed E-state index contributed by atoms with van der Waals surface area (Å²) in [6, 6.07) is 6.09. The molecule has 1 heterocycles. The third-order valence-corrected chi connectivity index (χ3v) is 3.75. The number of benzene rings is 1. The predicted molar refractivity (Wildman–Crippen MR) is 84.5 cm³/mol. The summed E-state index contributed by atoms with van der Waals surface area (Å²) in [6.45, 7) is 6.48. The van der Waals surface area contributed by atoms with Gasteiger partial charge in [-0.3, -0.25) is 4.79 Å². The second-order valence-corrected chi connectivity index (χ2v) is 5.83. The fraction of sp³-hybridized carbons (Fsp3) is 0.333. The maximum Gasteiger partial charge on any atom is 0.243 e. The van der Waals surface area contributed by atoms with Crippen molar-refractivity contribution in [2.45, 2.75) is 26.7 Å². The summed E-state index contributed by atoms with van der Waals surface area (Å²) < 4.78 is 0. The summed E-state index contributed by atoms with van der Waals surface area (Å²) in [6.07, 6.45) is 1.71. The second kappa shape index (κ2) is 6.52. The molecule has 0 aliphatic heterocycles. The van der Waals surface area contributed by atoms with Gasteiger partial charge >= 0.3 is 0 Å². The van der Waals surface area contributed by atoms with E-state index in [1.165, 1.54) is 11.3 Å². The van der Waals surface area contributed by atoms with Gasteiger partial charge in [0.1, 0.15) is 0 Å². The van der Waals surface area contributed by atoms with Gasteiger partial charge in [0.15, 0.2) is 5.13 Å². The number of hydrogen-bond acceptors (Lipinski definition) is 4. The lowest BCUT2D eigenvalue weighted by Gasteiger charge is -2.16. The Morgan fingerprint density at radius 3 is 2.85 bits per heavy atom. The summed E-state index contributed by atoms with van der Waals surface area (Å²) in [5.74, 6) is 0.313. The number of nitrogens with zero attached hydrogens (tertiary/aromatic N) is 1. The van der Waals surface area contributed by atoms with Gasteiger partial charge in [0.05, 0.1) is 6.54 Å². The lowest BCUT2D eigenvalue weighted by molar-refractivity contribution is -0.114. The summed E-state index contributed by atoms with van der Waals surface area (Å²) in [4.78, 5) is 16.1. The van der Waals surface area contributed by atoms with Gasteiger partial charge in [0.25, 0.3) is 0 Å². The van der Waals surface area contributed by atoms with E-state index in [0.29, 0.717) is 5.92 Å². The highest BCUT2D eigenvalue weighted by Crippen LogP contribution is 2.27. The SMILES string of the molecule is Cc1cccc(C(C)C)c1NC(=O)CNc1nccs1. The number of para-hydroxylation sites is 1. The van der Waals surface area contributed by atoms with Gasteiger partial charge in [-0.15, -0.1) is 11.3 Å². The van der Waals surface area contributed by atoms with Crippen molar-refractivity contribution in [2.75, 3.05) is 17.2 Å². The van der Waals surface area contributed by atoms with E-state index in [-0.39, 0.29) is 12.5 Å². The molecule has 0 saturated carbocycles. The maximum absolute atomic E-state index is 12.0. The molecule has 106 valence electrons. The molecule has 0 saturated heterocycles. The van der Waals surface area contributed by atoms with Crippen molar-refractivity contribution in [3.63, 3.8) is 0 Å². The molecule has 2 N–H and O–H groups in total. The molecule has 0 aliphatic rings. The van der Waals surface area contributed by atoms with E-state index in [0.717, 1.165) is 21.9 Å². The van der Waals surface area contributed by atoms with Crippen LogP contribution in [-0.2, 0) is 4.79 Å². The fourth-order valence-electron chi connectivity index (χ4n) is 1.99. The minimum absolute atomic E-state index is 0.0589. The van der Waals surface area contributed by atoms with Crippen molar-refractivity contribution in [1.82, 2.24) is 4.98 Å². The Balaban J connectivity index is 2.04. The van der Waals surface area contributed by atoms with Crippen molar-refractivity contribution in [1.29, 1.82) is 0 Å². The maximum atomic E-state index is 12.0. The van der Waals surface area contributed by atoms with Gasteiger partial charge < -0.3 is 10.6 Å². The van der Waals surface area contributed by atoms with Crippen molar-refractivity contribution in [2.24, 2.45) is 0 Å². The zero-order valence-corrected chi connectivity index (χ0v) is 12.8. The molecule has 5 heteroatoms. The Bertz CT molecular complexity index is 579. The molecule has 0 unspecified atom stereocenters. The highest BCUT2D eigenvalue weighted by atomic mass is 32.1. The number of carbonyl (C=O) groups excluding carboxylic acids is 1. The van der Waals surface area contributed by atoms with Gasteiger partial charge in [-0.1, -0.05) is 32.0 Å². The number of rotatable bonds is 5. The van der Waals surface area contributed by atoms with E-state index >= 15 is 0 Å². The lowest BCUT2D eigenvalue weighted by atomic mass is 9.98. The smallest absolute Gasteiger partial charge is 0.243 e. The van der Waals surface area contributed by atoms with Crippen LogP contribution >= 0.6 is 11.3 Å². The predicted octanol–water partition coefficient (Wildman–Crippen LogP) is 3.63. The third kappa shape index (κ3) is 3.57. The van der Waals surface area contributed by atoms with Gasteiger partial charge in [-0.2, -0.15) is 0 Å². The van der Waals surface area contributed by atoms with Crippen LogP contribution in [0.5, 0.6) is 0 Å². The molecule has 1 aromatic heterocycles. The van der Waals surface area contributed by atoms with E-state index in [4.69, 9.17) is 0 Å². The highest BCUT2D eigenvalue weighted by molar-refractivity contribution is 7.13. The van der Waals surface area contributed by atoms with Crippen LogP contribution in [0.3, 0.4) is 0 Å². The first-order chi connectivity index (χ1) is 9.58. The van der Waals surface area contributed by atoms with Crippen LogP contribution in [0.1, 0.15) is 30.9 Å². The molecule has 0 aliphatic carbocycles. The fourth-order valence-corrected chi connectivity index (χ4v) is 2.52. The normalized spacial score (nSPS) is 10.6. The molecule has 1 aromatic carbocycles.